The third-order valence-corrected chi connectivity index (χ3v) is 6.01. The van der Waals surface area contributed by atoms with E-state index in [1.807, 2.05) is 0 Å². The Morgan fingerprint density at radius 3 is 2.75 bits per heavy atom. The third kappa shape index (κ3) is 3.00. The Labute approximate surface area is 127 Å². The molecule has 0 aliphatic carbocycles. The van der Waals surface area contributed by atoms with E-state index in [1.165, 1.54) is 0 Å². The first-order chi connectivity index (χ1) is 9.31. The number of aromatic carboxylic acids is 1. The maximum absolute atomic E-state index is 12.3. The molecule has 2 heterocycles. The zero-order valence-corrected chi connectivity index (χ0v) is 13.3. The van der Waals surface area contributed by atoms with Crippen LogP contribution in [0.3, 0.4) is 0 Å². The number of carboxylic acids is 1. The van der Waals surface area contributed by atoms with Gasteiger partial charge in [0.2, 0.25) is 0 Å². The lowest BCUT2D eigenvalue weighted by Gasteiger charge is -2.08. The lowest BCUT2D eigenvalue weighted by molar-refractivity contribution is 0.0702. The molecule has 0 spiro atoms. The Bertz CT molecular complexity index is 770. The molecule has 2 rings (SSSR count). The van der Waals surface area contributed by atoms with E-state index < -0.39 is 16.0 Å². The Morgan fingerprint density at radius 2 is 2.20 bits per heavy atom. The van der Waals surface area contributed by atoms with Gasteiger partial charge in [0.1, 0.15) is 9.77 Å². The van der Waals surface area contributed by atoms with Crippen molar-refractivity contribution in [3.05, 3.63) is 38.8 Å². The van der Waals surface area contributed by atoms with Gasteiger partial charge in [-0.3, -0.25) is 9.71 Å². The van der Waals surface area contributed by atoms with Crippen LogP contribution in [0.5, 0.6) is 0 Å². The summed E-state index contributed by atoms with van der Waals surface area (Å²) in [5.41, 5.74) is 0.878. The van der Waals surface area contributed by atoms with Crippen LogP contribution in [0.4, 0.5) is 5.69 Å². The van der Waals surface area contributed by atoms with Gasteiger partial charge in [-0.2, -0.15) is 0 Å². The molecule has 0 aromatic carbocycles. The molecular formula is C11H9BrN2O4S2. The number of pyridine rings is 1. The van der Waals surface area contributed by atoms with Crippen LogP contribution < -0.4 is 4.72 Å². The topological polar surface area (TPSA) is 96.4 Å². The highest BCUT2D eigenvalue weighted by Crippen LogP contribution is 2.33. The number of anilines is 1. The molecule has 6 nitrogen and oxygen atoms in total. The zero-order chi connectivity index (χ0) is 14.9. The number of rotatable bonds is 4. The molecule has 2 aromatic rings. The van der Waals surface area contributed by atoms with E-state index in [0.717, 1.165) is 17.4 Å². The highest BCUT2D eigenvalue weighted by molar-refractivity contribution is 9.11. The molecular weight excluding hydrogens is 368 g/mol. The van der Waals surface area contributed by atoms with Gasteiger partial charge in [-0.05, 0) is 41.1 Å². The van der Waals surface area contributed by atoms with Crippen LogP contribution in [0, 0.1) is 6.92 Å². The van der Waals surface area contributed by atoms with E-state index in [0.29, 0.717) is 11.4 Å². The van der Waals surface area contributed by atoms with Crippen molar-refractivity contribution in [2.24, 2.45) is 0 Å². The quantitative estimate of drug-likeness (QED) is 0.854. The molecule has 0 bridgehead atoms. The fraction of sp³-hybridized carbons (Fsp3) is 0.0909. The molecule has 0 aliphatic heterocycles. The first-order valence-electron chi connectivity index (χ1n) is 5.28. The Morgan fingerprint density at radius 1 is 1.50 bits per heavy atom. The van der Waals surface area contributed by atoms with Crippen molar-refractivity contribution in [2.45, 2.75) is 11.8 Å². The van der Waals surface area contributed by atoms with Crippen molar-refractivity contribution < 1.29 is 18.3 Å². The average molecular weight is 377 g/mol. The van der Waals surface area contributed by atoms with Crippen LogP contribution in [0.25, 0.3) is 0 Å². The van der Waals surface area contributed by atoms with Gasteiger partial charge in [0.05, 0.1) is 15.2 Å². The van der Waals surface area contributed by atoms with Gasteiger partial charge in [-0.15, -0.1) is 11.3 Å². The number of nitrogens with zero attached hydrogens (tertiary/aromatic N) is 1. The summed E-state index contributed by atoms with van der Waals surface area (Å²) in [5.74, 6) is -1.17. The van der Waals surface area contributed by atoms with Gasteiger partial charge in [-0.1, -0.05) is 0 Å². The molecule has 0 amide bonds. The number of halogens is 1. The molecule has 0 fully saturated rings. The molecule has 0 radical (unpaired) electrons. The molecule has 2 aromatic heterocycles. The van der Waals surface area contributed by atoms with Gasteiger partial charge in [0, 0.05) is 6.20 Å². The average Bonchev–Trinajstić information content (AvgIpc) is 2.75. The predicted molar refractivity (Wildman–Crippen MR) is 78.8 cm³/mol. The lowest BCUT2D eigenvalue weighted by atomic mass is 10.3. The first-order valence-corrected chi connectivity index (χ1v) is 8.37. The number of hydrogen-bond donors (Lipinski definition) is 2. The maximum atomic E-state index is 12.3. The molecule has 106 valence electrons. The summed E-state index contributed by atoms with van der Waals surface area (Å²) in [6.07, 6.45) is 1.55. The molecule has 0 saturated heterocycles. The number of aromatic nitrogens is 1. The van der Waals surface area contributed by atoms with Crippen LogP contribution in [0.15, 0.2) is 33.1 Å². The summed E-state index contributed by atoms with van der Waals surface area (Å²) < 4.78 is 27.1. The zero-order valence-electron chi connectivity index (χ0n) is 10.1. The summed E-state index contributed by atoms with van der Waals surface area (Å²) in [5, 5.41) is 8.89. The second kappa shape index (κ2) is 5.51. The Kier molecular flexibility index (Phi) is 4.11. The second-order valence-corrected chi connectivity index (χ2v) is 7.82. The van der Waals surface area contributed by atoms with Gasteiger partial charge in [-0.25, -0.2) is 13.2 Å². The maximum Gasteiger partial charge on any atom is 0.345 e. The van der Waals surface area contributed by atoms with E-state index in [9.17, 15) is 13.2 Å². The second-order valence-electron chi connectivity index (χ2n) is 3.80. The van der Waals surface area contributed by atoms with Crippen molar-refractivity contribution in [1.82, 2.24) is 4.98 Å². The number of aryl methyl sites for hydroxylation is 1. The van der Waals surface area contributed by atoms with Crippen molar-refractivity contribution in [2.75, 3.05) is 4.72 Å². The van der Waals surface area contributed by atoms with Gasteiger partial charge < -0.3 is 5.11 Å². The van der Waals surface area contributed by atoms with E-state index in [4.69, 9.17) is 5.11 Å². The minimum absolute atomic E-state index is 0.0554. The highest BCUT2D eigenvalue weighted by Gasteiger charge is 2.23. The van der Waals surface area contributed by atoms with Gasteiger partial charge in [0.15, 0.2) is 0 Å². The van der Waals surface area contributed by atoms with Crippen LogP contribution in [0.2, 0.25) is 0 Å². The molecule has 2 N–H and O–H groups in total. The fourth-order valence-electron chi connectivity index (χ4n) is 1.43. The van der Waals surface area contributed by atoms with Crippen molar-refractivity contribution >= 4 is 48.9 Å². The number of carbonyl (C=O) groups is 1. The summed E-state index contributed by atoms with van der Waals surface area (Å²) in [6, 6.07) is 4.31. The van der Waals surface area contributed by atoms with E-state index >= 15 is 0 Å². The molecule has 0 aliphatic rings. The molecule has 9 heteroatoms. The molecule has 0 unspecified atom stereocenters. The van der Waals surface area contributed by atoms with E-state index in [-0.39, 0.29) is 13.6 Å². The van der Waals surface area contributed by atoms with Crippen LogP contribution in [-0.4, -0.2) is 24.5 Å². The van der Waals surface area contributed by atoms with Gasteiger partial charge >= 0.3 is 5.97 Å². The fourth-order valence-corrected chi connectivity index (χ4v) is 4.95. The lowest BCUT2D eigenvalue weighted by Crippen LogP contribution is -2.13. The summed E-state index contributed by atoms with van der Waals surface area (Å²) >= 11 is 3.92. The summed E-state index contributed by atoms with van der Waals surface area (Å²) in [6.45, 7) is 1.67. The minimum Gasteiger partial charge on any atom is -0.477 e. The van der Waals surface area contributed by atoms with Gasteiger partial charge in [0.25, 0.3) is 10.0 Å². The summed E-state index contributed by atoms with van der Waals surface area (Å²) in [4.78, 5) is 14.7. The summed E-state index contributed by atoms with van der Waals surface area (Å²) in [7, 11) is -3.87. The standard InChI is InChI=1S/C11H9BrN2O4S2/c1-6-7(3-2-4-13-6)14-20(17,18)9-5-8(11(15)16)19-10(9)12/h2-5,14H,1H3,(H,15,16). The highest BCUT2D eigenvalue weighted by atomic mass is 79.9. The number of thiophene rings is 1. The number of sulfonamides is 1. The van der Waals surface area contributed by atoms with Crippen molar-refractivity contribution in [1.29, 1.82) is 0 Å². The van der Waals surface area contributed by atoms with Crippen molar-refractivity contribution in [3.63, 3.8) is 0 Å². The Balaban J connectivity index is 2.41. The van der Waals surface area contributed by atoms with Crippen molar-refractivity contribution in [3.8, 4) is 0 Å². The molecule has 0 saturated carbocycles. The Hall–Kier alpha value is -1.45. The van der Waals surface area contributed by atoms with Crippen LogP contribution in [0.1, 0.15) is 15.4 Å². The van der Waals surface area contributed by atoms with E-state index in [1.54, 1.807) is 25.3 Å². The number of carboxylic acid groups (broad SMARTS) is 1. The van der Waals surface area contributed by atoms with E-state index in [2.05, 4.69) is 25.6 Å². The predicted octanol–water partition coefficient (Wildman–Crippen LogP) is 2.71. The third-order valence-electron chi connectivity index (χ3n) is 2.41. The monoisotopic (exact) mass is 376 g/mol. The number of nitrogens with one attached hydrogen (secondary N) is 1. The molecule has 20 heavy (non-hydrogen) atoms. The SMILES string of the molecule is Cc1ncccc1NS(=O)(=O)c1cc(C(=O)O)sc1Br. The first kappa shape index (κ1) is 14.9. The molecule has 0 atom stereocenters. The number of hydrogen-bond acceptors (Lipinski definition) is 5. The normalized spacial score (nSPS) is 11.3. The largest absolute Gasteiger partial charge is 0.477 e. The van der Waals surface area contributed by atoms with Crippen LogP contribution in [-0.2, 0) is 10.0 Å². The van der Waals surface area contributed by atoms with Crippen LogP contribution >= 0.6 is 27.3 Å². The minimum atomic E-state index is -3.87. The smallest absolute Gasteiger partial charge is 0.345 e.